The molecule has 3 aromatic carbocycles. The predicted octanol–water partition coefficient (Wildman–Crippen LogP) is 4.52. The lowest BCUT2D eigenvalue weighted by molar-refractivity contribution is -0.143. The van der Waals surface area contributed by atoms with Gasteiger partial charge in [-0.3, -0.25) is 9.59 Å². The van der Waals surface area contributed by atoms with E-state index in [9.17, 15) is 9.59 Å². The Morgan fingerprint density at radius 1 is 0.912 bits per heavy atom. The molecule has 0 radical (unpaired) electrons. The van der Waals surface area contributed by atoms with E-state index >= 15 is 0 Å². The van der Waals surface area contributed by atoms with Gasteiger partial charge in [0.15, 0.2) is 17.3 Å². The molecule has 174 valence electrons. The molecule has 0 saturated heterocycles. The zero-order valence-corrected chi connectivity index (χ0v) is 19.2. The van der Waals surface area contributed by atoms with Crippen LogP contribution in [0.5, 0.6) is 17.2 Å². The lowest BCUT2D eigenvalue weighted by Crippen LogP contribution is -2.36. The van der Waals surface area contributed by atoms with Crippen LogP contribution < -0.4 is 19.5 Å². The molecule has 1 N–H and O–H groups in total. The summed E-state index contributed by atoms with van der Waals surface area (Å²) in [5.74, 6) is -0.962. The molecule has 0 bridgehead atoms. The fourth-order valence-corrected chi connectivity index (χ4v) is 5.03. The fourth-order valence-electron chi connectivity index (χ4n) is 5.03. The van der Waals surface area contributed by atoms with Crippen molar-refractivity contribution in [1.82, 2.24) is 0 Å². The van der Waals surface area contributed by atoms with Gasteiger partial charge in [0, 0.05) is 5.69 Å². The van der Waals surface area contributed by atoms with E-state index in [1.54, 1.807) is 13.2 Å². The van der Waals surface area contributed by atoms with Crippen molar-refractivity contribution in [1.29, 1.82) is 0 Å². The average molecular weight is 459 g/mol. The molecule has 7 nitrogen and oxygen atoms in total. The number of anilines is 1. The monoisotopic (exact) mass is 459 g/mol. The first-order valence-corrected chi connectivity index (χ1v) is 11.0. The Hall–Kier alpha value is -4.00. The van der Waals surface area contributed by atoms with Gasteiger partial charge in [-0.25, -0.2) is 0 Å². The SMILES string of the molecule is COC(=O)[C@H]1c2ccccc2N[C@H]2c3cc(OC)c(OC)c(OCc4ccccc4)c3C(=O)[C@H]21. The third kappa shape index (κ3) is 3.36. The summed E-state index contributed by atoms with van der Waals surface area (Å²) in [5.41, 5.74) is 3.59. The highest BCUT2D eigenvalue weighted by atomic mass is 16.5. The zero-order valence-electron chi connectivity index (χ0n) is 19.2. The van der Waals surface area contributed by atoms with Crippen LogP contribution in [0.25, 0.3) is 0 Å². The van der Waals surface area contributed by atoms with Gasteiger partial charge in [-0.05, 0) is 28.8 Å². The molecular weight excluding hydrogens is 434 g/mol. The first-order valence-electron chi connectivity index (χ1n) is 11.0. The number of ether oxygens (including phenoxy) is 4. The van der Waals surface area contributed by atoms with Crippen molar-refractivity contribution in [3.8, 4) is 17.2 Å². The smallest absolute Gasteiger partial charge is 0.314 e. The van der Waals surface area contributed by atoms with Gasteiger partial charge in [0.2, 0.25) is 5.75 Å². The Bertz CT molecular complexity index is 1260. The molecule has 0 saturated carbocycles. The lowest BCUT2D eigenvalue weighted by Gasteiger charge is -2.34. The van der Waals surface area contributed by atoms with Crippen molar-refractivity contribution < 1.29 is 28.5 Å². The molecule has 1 heterocycles. The van der Waals surface area contributed by atoms with Crippen molar-refractivity contribution in [2.24, 2.45) is 5.92 Å². The minimum Gasteiger partial charge on any atom is -0.493 e. The van der Waals surface area contributed by atoms with E-state index in [0.717, 1.165) is 16.8 Å². The fraction of sp³-hybridized carbons (Fsp3) is 0.259. The van der Waals surface area contributed by atoms with Gasteiger partial charge in [0.25, 0.3) is 0 Å². The van der Waals surface area contributed by atoms with Crippen molar-refractivity contribution in [3.05, 3.63) is 82.9 Å². The Labute approximate surface area is 197 Å². The lowest BCUT2D eigenvalue weighted by atomic mass is 9.77. The van der Waals surface area contributed by atoms with E-state index < -0.39 is 23.8 Å². The summed E-state index contributed by atoms with van der Waals surface area (Å²) in [5, 5.41) is 3.46. The van der Waals surface area contributed by atoms with Crippen molar-refractivity contribution in [3.63, 3.8) is 0 Å². The maximum atomic E-state index is 13.9. The summed E-state index contributed by atoms with van der Waals surface area (Å²) in [7, 11) is 4.40. The van der Waals surface area contributed by atoms with Crippen LogP contribution in [0.1, 0.15) is 39.0 Å². The van der Waals surface area contributed by atoms with Gasteiger partial charge in [-0.15, -0.1) is 0 Å². The molecule has 0 unspecified atom stereocenters. The van der Waals surface area contributed by atoms with Crippen LogP contribution in [0.4, 0.5) is 5.69 Å². The van der Waals surface area contributed by atoms with Crippen LogP contribution in [0, 0.1) is 5.92 Å². The van der Waals surface area contributed by atoms with E-state index in [2.05, 4.69) is 5.32 Å². The van der Waals surface area contributed by atoms with Crippen LogP contribution in [0.3, 0.4) is 0 Å². The summed E-state index contributed by atoms with van der Waals surface area (Å²) in [6, 6.07) is 18.5. The van der Waals surface area contributed by atoms with Crippen molar-refractivity contribution >= 4 is 17.4 Å². The number of carbonyl (C=O) groups is 2. The summed E-state index contributed by atoms with van der Waals surface area (Å²) in [6.45, 7) is 0.244. The quantitative estimate of drug-likeness (QED) is 0.543. The number of para-hydroxylation sites is 1. The standard InChI is InChI=1S/C27H25NO6/c1-31-19-13-17-21(26(25(19)32-2)34-14-15-9-5-4-6-10-15)24(29)22-20(27(30)33-3)16-11-7-8-12-18(16)28-23(17)22/h4-13,20,22-23,28H,14H2,1-3H3/t20-,22-,23-/m0/s1. The van der Waals surface area contributed by atoms with Gasteiger partial charge in [-0.1, -0.05) is 48.5 Å². The predicted molar refractivity (Wildman–Crippen MR) is 126 cm³/mol. The Morgan fingerprint density at radius 2 is 1.65 bits per heavy atom. The number of esters is 1. The second-order valence-electron chi connectivity index (χ2n) is 8.28. The van der Waals surface area contributed by atoms with Gasteiger partial charge in [-0.2, -0.15) is 0 Å². The van der Waals surface area contributed by atoms with Crippen molar-refractivity contribution in [2.75, 3.05) is 26.6 Å². The van der Waals surface area contributed by atoms with Gasteiger partial charge < -0.3 is 24.3 Å². The molecule has 7 heteroatoms. The number of nitrogens with one attached hydrogen (secondary N) is 1. The maximum Gasteiger partial charge on any atom is 0.314 e. The van der Waals surface area contributed by atoms with Gasteiger partial charge in [0.1, 0.15) is 6.61 Å². The molecule has 0 spiro atoms. The number of ketones is 1. The Morgan fingerprint density at radius 3 is 2.35 bits per heavy atom. The number of Topliss-reactive ketones (excluding diaryl/α,β-unsaturated/α-hetero) is 1. The minimum absolute atomic E-state index is 0.193. The molecule has 0 fully saturated rings. The number of hydrogen-bond acceptors (Lipinski definition) is 7. The third-order valence-electron chi connectivity index (χ3n) is 6.55. The minimum atomic E-state index is -0.744. The molecule has 2 aliphatic rings. The van der Waals surface area contributed by atoms with Crippen LogP contribution in [-0.4, -0.2) is 33.1 Å². The zero-order chi connectivity index (χ0) is 23.8. The van der Waals surface area contributed by atoms with E-state index in [-0.39, 0.29) is 12.4 Å². The molecule has 1 aliphatic carbocycles. The summed E-state index contributed by atoms with van der Waals surface area (Å²) in [6.07, 6.45) is 0. The summed E-state index contributed by atoms with van der Waals surface area (Å²) >= 11 is 0. The molecular formula is C27H25NO6. The first kappa shape index (κ1) is 21.8. The Balaban J connectivity index is 1.66. The van der Waals surface area contributed by atoms with E-state index in [1.807, 2.05) is 54.6 Å². The number of rotatable bonds is 6. The Kier molecular flexibility index (Phi) is 5.61. The second-order valence-corrected chi connectivity index (χ2v) is 8.28. The first-order chi connectivity index (χ1) is 16.6. The highest BCUT2D eigenvalue weighted by Crippen LogP contribution is 2.56. The average Bonchev–Trinajstić information content (AvgIpc) is 3.16. The molecule has 3 aromatic rings. The van der Waals surface area contributed by atoms with E-state index in [0.29, 0.717) is 28.4 Å². The second kappa shape index (κ2) is 8.74. The molecule has 0 aromatic heterocycles. The van der Waals surface area contributed by atoms with E-state index in [1.165, 1.54) is 14.2 Å². The van der Waals surface area contributed by atoms with Crippen LogP contribution in [0.2, 0.25) is 0 Å². The topological polar surface area (TPSA) is 83.1 Å². The number of carbonyl (C=O) groups excluding carboxylic acids is 2. The normalized spacial score (nSPS) is 19.9. The number of hydrogen-bond donors (Lipinski definition) is 1. The summed E-state index contributed by atoms with van der Waals surface area (Å²) < 4.78 is 22.6. The molecule has 34 heavy (non-hydrogen) atoms. The highest BCUT2D eigenvalue weighted by molar-refractivity contribution is 6.10. The number of benzene rings is 3. The van der Waals surface area contributed by atoms with E-state index in [4.69, 9.17) is 18.9 Å². The number of methoxy groups -OCH3 is 3. The molecule has 1 aliphatic heterocycles. The highest BCUT2D eigenvalue weighted by Gasteiger charge is 2.53. The summed E-state index contributed by atoms with van der Waals surface area (Å²) in [4.78, 5) is 26.9. The largest absolute Gasteiger partial charge is 0.493 e. The maximum absolute atomic E-state index is 13.9. The van der Waals surface area contributed by atoms with Crippen LogP contribution in [-0.2, 0) is 16.1 Å². The molecule has 0 amide bonds. The van der Waals surface area contributed by atoms with Gasteiger partial charge >= 0.3 is 5.97 Å². The van der Waals surface area contributed by atoms with Gasteiger partial charge in [0.05, 0.1) is 44.8 Å². The molecule has 3 atom stereocenters. The third-order valence-corrected chi connectivity index (χ3v) is 6.55. The van der Waals surface area contributed by atoms with Crippen molar-refractivity contribution in [2.45, 2.75) is 18.6 Å². The van der Waals surface area contributed by atoms with Crippen LogP contribution in [0.15, 0.2) is 60.7 Å². The van der Waals surface area contributed by atoms with Crippen LogP contribution >= 0.6 is 0 Å². The molecule has 5 rings (SSSR count). The number of fused-ring (bicyclic) bond motifs is 4.